The minimum Gasteiger partial charge on any atom is -0.338 e. The maximum Gasteiger partial charge on any atom is 0.317 e. The molecule has 5 nitrogen and oxygen atoms in total. The molecule has 1 aliphatic heterocycles. The van der Waals surface area contributed by atoms with Gasteiger partial charge in [-0.05, 0) is 49.6 Å². The Kier molecular flexibility index (Phi) is 6.23. The Balaban J connectivity index is 1.73. The van der Waals surface area contributed by atoms with Gasteiger partial charge in [-0.15, -0.1) is 0 Å². The van der Waals surface area contributed by atoms with Crippen molar-refractivity contribution in [1.29, 1.82) is 0 Å². The third kappa shape index (κ3) is 4.65. The third-order valence-corrected chi connectivity index (χ3v) is 4.83. The summed E-state index contributed by atoms with van der Waals surface area (Å²) in [6.45, 7) is 3.74. The van der Waals surface area contributed by atoms with Gasteiger partial charge in [0.15, 0.2) is 0 Å². The number of halogens is 2. The topological polar surface area (TPSA) is 61.4 Å². The monoisotopic (exact) mass is 387 g/mol. The van der Waals surface area contributed by atoms with Crippen molar-refractivity contribution < 1.29 is 18.4 Å². The van der Waals surface area contributed by atoms with E-state index < -0.39 is 17.5 Å². The van der Waals surface area contributed by atoms with Crippen LogP contribution >= 0.6 is 0 Å². The number of hydrogen-bond donors (Lipinski definition) is 2. The van der Waals surface area contributed by atoms with Crippen molar-refractivity contribution in [3.63, 3.8) is 0 Å². The van der Waals surface area contributed by atoms with Gasteiger partial charge in [0, 0.05) is 37.2 Å². The summed E-state index contributed by atoms with van der Waals surface area (Å²) in [6.07, 6.45) is 1.80. The summed E-state index contributed by atoms with van der Waals surface area (Å²) in [7, 11) is 0. The van der Waals surface area contributed by atoms with E-state index >= 15 is 0 Å². The minimum atomic E-state index is -0.698. The zero-order valence-electron chi connectivity index (χ0n) is 15.7. The number of hydrogen-bond acceptors (Lipinski definition) is 2. The molecule has 28 heavy (non-hydrogen) atoms. The molecule has 2 aromatic rings. The molecule has 148 valence electrons. The second kappa shape index (κ2) is 8.82. The van der Waals surface area contributed by atoms with Crippen molar-refractivity contribution in [3.05, 3.63) is 65.2 Å². The number of carbonyl (C=O) groups is 2. The highest BCUT2D eigenvalue weighted by Gasteiger charge is 2.25. The molecule has 2 aromatic carbocycles. The Morgan fingerprint density at radius 2 is 2.00 bits per heavy atom. The van der Waals surface area contributed by atoms with Crippen LogP contribution in [0.25, 0.3) is 0 Å². The molecule has 1 saturated heterocycles. The Hall–Kier alpha value is -2.96. The number of anilines is 1. The smallest absolute Gasteiger partial charge is 0.317 e. The standard InChI is InChI=1S/C21H23F2N3O2/c1-2-24-21(28)26-10-4-7-16(13-26)14-5-3-6-15(11-14)20(27)25-19-12-17(22)8-9-18(19)23/h3,5-6,8-9,11-12,16H,2,4,7,10,13H2,1H3,(H,24,28)(H,25,27)/t16-/m0/s1. The van der Waals surface area contributed by atoms with Gasteiger partial charge >= 0.3 is 6.03 Å². The Morgan fingerprint density at radius 3 is 2.79 bits per heavy atom. The van der Waals surface area contributed by atoms with Gasteiger partial charge in [0.05, 0.1) is 5.69 Å². The van der Waals surface area contributed by atoms with Crippen LogP contribution in [0.15, 0.2) is 42.5 Å². The molecule has 1 aliphatic rings. The number of piperidine rings is 1. The molecular weight excluding hydrogens is 364 g/mol. The van der Waals surface area contributed by atoms with Gasteiger partial charge in [-0.1, -0.05) is 12.1 Å². The normalized spacial score (nSPS) is 16.5. The van der Waals surface area contributed by atoms with E-state index in [1.807, 2.05) is 13.0 Å². The van der Waals surface area contributed by atoms with Gasteiger partial charge < -0.3 is 15.5 Å². The van der Waals surface area contributed by atoms with Crippen molar-refractivity contribution in [3.8, 4) is 0 Å². The van der Waals surface area contributed by atoms with Gasteiger partial charge in [-0.25, -0.2) is 13.6 Å². The molecule has 0 saturated carbocycles. The highest BCUT2D eigenvalue weighted by molar-refractivity contribution is 6.04. The molecular formula is C21H23F2N3O2. The zero-order valence-corrected chi connectivity index (χ0v) is 15.7. The van der Waals surface area contributed by atoms with Gasteiger partial charge in [-0.2, -0.15) is 0 Å². The van der Waals surface area contributed by atoms with Crippen LogP contribution in [0.3, 0.4) is 0 Å². The minimum absolute atomic E-state index is 0.0809. The summed E-state index contributed by atoms with van der Waals surface area (Å²) >= 11 is 0. The van der Waals surface area contributed by atoms with Crippen molar-refractivity contribution in [1.82, 2.24) is 10.2 Å². The van der Waals surface area contributed by atoms with Crippen LogP contribution in [0.1, 0.15) is 41.6 Å². The summed E-state index contributed by atoms with van der Waals surface area (Å²) in [6, 6.07) is 9.89. The molecule has 0 radical (unpaired) electrons. The van der Waals surface area contributed by atoms with E-state index in [1.54, 1.807) is 23.1 Å². The molecule has 0 unspecified atom stereocenters. The van der Waals surface area contributed by atoms with Crippen molar-refractivity contribution in [2.24, 2.45) is 0 Å². The van der Waals surface area contributed by atoms with Crippen LogP contribution in [0.5, 0.6) is 0 Å². The van der Waals surface area contributed by atoms with E-state index in [-0.39, 0.29) is 17.6 Å². The van der Waals surface area contributed by atoms with Crippen LogP contribution < -0.4 is 10.6 Å². The number of urea groups is 1. The lowest BCUT2D eigenvalue weighted by molar-refractivity contribution is 0.102. The van der Waals surface area contributed by atoms with Crippen molar-refractivity contribution in [2.75, 3.05) is 25.0 Å². The zero-order chi connectivity index (χ0) is 20.1. The number of carbonyl (C=O) groups excluding carboxylic acids is 2. The lowest BCUT2D eigenvalue weighted by atomic mass is 9.89. The summed E-state index contributed by atoms with van der Waals surface area (Å²) in [5.74, 6) is -1.72. The molecule has 0 spiro atoms. The third-order valence-electron chi connectivity index (χ3n) is 4.83. The van der Waals surface area contributed by atoms with Crippen LogP contribution in [-0.2, 0) is 0 Å². The largest absolute Gasteiger partial charge is 0.338 e. The number of nitrogens with zero attached hydrogens (tertiary/aromatic N) is 1. The lowest BCUT2D eigenvalue weighted by Gasteiger charge is -2.33. The maximum absolute atomic E-state index is 13.8. The van der Waals surface area contributed by atoms with Crippen molar-refractivity contribution in [2.45, 2.75) is 25.7 Å². The van der Waals surface area contributed by atoms with E-state index in [1.165, 1.54) is 0 Å². The van der Waals surface area contributed by atoms with E-state index in [9.17, 15) is 18.4 Å². The van der Waals surface area contributed by atoms with E-state index in [2.05, 4.69) is 10.6 Å². The molecule has 1 heterocycles. The summed E-state index contributed by atoms with van der Waals surface area (Å²) in [5, 5.41) is 5.22. The fraction of sp³-hybridized carbons (Fsp3) is 0.333. The van der Waals surface area contributed by atoms with Gasteiger partial charge in [-0.3, -0.25) is 4.79 Å². The van der Waals surface area contributed by atoms with Crippen molar-refractivity contribution >= 4 is 17.6 Å². The second-order valence-electron chi connectivity index (χ2n) is 6.82. The lowest BCUT2D eigenvalue weighted by Crippen LogP contribution is -2.44. The first-order valence-corrected chi connectivity index (χ1v) is 9.37. The average molecular weight is 387 g/mol. The molecule has 3 rings (SSSR count). The van der Waals surface area contributed by atoms with Crippen LogP contribution in [0, 0.1) is 11.6 Å². The molecule has 1 atom stereocenters. The highest BCUT2D eigenvalue weighted by atomic mass is 19.1. The Labute approximate surface area is 162 Å². The summed E-state index contributed by atoms with van der Waals surface area (Å²) in [5.41, 5.74) is 1.10. The molecule has 0 aromatic heterocycles. The molecule has 2 N–H and O–H groups in total. The quantitative estimate of drug-likeness (QED) is 0.829. The first kappa shape index (κ1) is 19.8. The Bertz CT molecular complexity index is 872. The predicted molar refractivity (Wildman–Crippen MR) is 103 cm³/mol. The van der Waals surface area contributed by atoms with E-state index in [0.29, 0.717) is 25.2 Å². The summed E-state index contributed by atoms with van der Waals surface area (Å²) < 4.78 is 27.1. The first-order valence-electron chi connectivity index (χ1n) is 9.37. The number of amides is 3. The SMILES string of the molecule is CCNC(=O)N1CCC[C@H](c2cccc(C(=O)Nc3cc(F)ccc3F)c2)C1. The van der Waals surface area contributed by atoms with Crippen LogP contribution in [0.2, 0.25) is 0 Å². The summed E-state index contributed by atoms with van der Waals surface area (Å²) in [4.78, 5) is 26.4. The number of likely N-dealkylation sites (tertiary alicyclic amines) is 1. The van der Waals surface area contributed by atoms with Gasteiger partial charge in [0.25, 0.3) is 5.91 Å². The molecule has 3 amide bonds. The number of nitrogens with one attached hydrogen (secondary N) is 2. The maximum atomic E-state index is 13.8. The Morgan fingerprint density at radius 1 is 1.18 bits per heavy atom. The second-order valence-corrected chi connectivity index (χ2v) is 6.82. The average Bonchev–Trinajstić information content (AvgIpc) is 2.71. The van der Waals surface area contributed by atoms with Crippen LogP contribution in [-0.4, -0.2) is 36.5 Å². The van der Waals surface area contributed by atoms with E-state index in [0.717, 1.165) is 36.6 Å². The highest BCUT2D eigenvalue weighted by Crippen LogP contribution is 2.28. The fourth-order valence-corrected chi connectivity index (χ4v) is 3.42. The predicted octanol–water partition coefficient (Wildman–Crippen LogP) is 4.13. The number of rotatable bonds is 4. The molecule has 7 heteroatoms. The molecule has 0 aliphatic carbocycles. The fourth-order valence-electron chi connectivity index (χ4n) is 3.42. The number of benzene rings is 2. The molecule has 1 fully saturated rings. The molecule has 0 bridgehead atoms. The first-order chi connectivity index (χ1) is 13.5. The van der Waals surface area contributed by atoms with Gasteiger partial charge in [0.1, 0.15) is 11.6 Å². The van der Waals surface area contributed by atoms with Gasteiger partial charge in [0.2, 0.25) is 0 Å². The van der Waals surface area contributed by atoms with E-state index in [4.69, 9.17) is 0 Å². The van der Waals surface area contributed by atoms with Crippen LogP contribution in [0.4, 0.5) is 19.3 Å².